The number of nitrogens with zero attached hydrogens (tertiary/aromatic N) is 4. The molecule has 3 rings (SSSR count). The molecule has 0 bridgehead atoms. The molecule has 0 saturated carbocycles. The summed E-state index contributed by atoms with van der Waals surface area (Å²) in [5.41, 5.74) is 1.81. The number of aromatic nitrogens is 3. The SMILES string of the molecule is Cc1cc2c(C#N)ccc(F)c2n1CCNc1cc(Cl)ncn1. The molecule has 1 N–H and O–H groups in total. The fourth-order valence-electron chi connectivity index (χ4n) is 2.58. The summed E-state index contributed by atoms with van der Waals surface area (Å²) in [5.74, 6) is 0.273. The zero-order valence-corrected chi connectivity index (χ0v) is 13.1. The molecule has 0 saturated heterocycles. The van der Waals surface area contributed by atoms with Crippen molar-refractivity contribution in [1.29, 1.82) is 5.26 Å². The first-order valence-corrected chi connectivity index (χ1v) is 7.38. The van der Waals surface area contributed by atoms with E-state index in [1.807, 2.05) is 17.6 Å². The molecule has 0 amide bonds. The first-order chi connectivity index (χ1) is 11.1. The second kappa shape index (κ2) is 6.23. The first kappa shape index (κ1) is 15.3. The van der Waals surface area contributed by atoms with Gasteiger partial charge >= 0.3 is 0 Å². The highest BCUT2D eigenvalue weighted by molar-refractivity contribution is 6.29. The molecule has 0 radical (unpaired) electrons. The number of nitriles is 1. The molecule has 0 aliphatic rings. The fraction of sp³-hybridized carbons (Fsp3) is 0.188. The van der Waals surface area contributed by atoms with Crippen LogP contribution in [0.2, 0.25) is 5.15 Å². The van der Waals surface area contributed by atoms with Crippen molar-refractivity contribution < 1.29 is 4.39 Å². The van der Waals surface area contributed by atoms with Gasteiger partial charge in [-0.1, -0.05) is 11.6 Å². The maximum absolute atomic E-state index is 14.2. The molecule has 5 nitrogen and oxygen atoms in total. The standard InChI is InChI=1S/C16H13ClFN5/c1-10-6-12-11(8-19)2-3-13(18)16(12)23(10)5-4-20-15-7-14(17)21-9-22-15/h2-3,6-7,9H,4-5H2,1H3,(H,20,21,22). The molecular weight excluding hydrogens is 317 g/mol. The smallest absolute Gasteiger partial charge is 0.147 e. The van der Waals surface area contributed by atoms with Gasteiger partial charge in [0.2, 0.25) is 0 Å². The van der Waals surface area contributed by atoms with E-state index in [1.54, 1.807) is 6.07 Å². The third-order valence-corrected chi connectivity index (χ3v) is 3.82. The van der Waals surface area contributed by atoms with E-state index in [2.05, 4.69) is 21.4 Å². The molecule has 0 fully saturated rings. The van der Waals surface area contributed by atoms with Gasteiger partial charge in [-0.3, -0.25) is 0 Å². The Hall–Kier alpha value is -2.65. The van der Waals surface area contributed by atoms with Crippen LogP contribution in [0.15, 0.2) is 30.6 Å². The molecule has 116 valence electrons. The predicted molar refractivity (Wildman–Crippen MR) is 86.9 cm³/mol. The minimum atomic E-state index is -0.336. The molecule has 0 unspecified atom stereocenters. The Morgan fingerprint density at radius 2 is 2.17 bits per heavy atom. The second-order valence-corrected chi connectivity index (χ2v) is 5.45. The number of fused-ring (bicyclic) bond motifs is 1. The van der Waals surface area contributed by atoms with E-state index in [0.717, 1.165) is 5.69 Å². The van der Waals surface area contributed by atoms with Crippen molar-refractivity contribution in [1.82, 2.24) is 14.5 Å². The van der Waals surface area contributed by atoms with Crippen molar-refractivity contribution in [3.05, 3.63) is 52.8 Å². The molecule has 7 heteroatoms. The van der Waals surface area contributed by atoms with Crippen molar-refractivity contribution in [2.75, 3.05) is 11.9 Å². The summed E-state index contributed by atoms with van der Waals surface area (Å²) in [6.07, 6.45) is 1.37. The highest BCUT2D eigenvalue weighted by atomic mass is 35.5. The number of hydrogen-bond donors (Lipinski definition) is 1. The maximum atomic E-state index is 14.2. The largest absolute Gasteiger partial charge is 0.368 e. The van der Waals surface area contributed by atoms with Crippen LogP contribution in [0.5, 0.6) is 0 Å². The maximum Gasteiger partial charge on any atom is 0.147 e. The van der Waals surface area contributed by atoms with Crippen LogP contribution in [-0.2, 0) is 6.54 Å². The molecule has 0 aliphatic heterocycles. The van der Waals surface area contributed by atoms with Gasteiger partial charge in [-0.05, 0) is 25.1 Å². The molecule has 0 spiro atoms. The zero-order chi connectivity index (χ0) is 16.4. The van der Waals surface area contributed by atoms with Gasteiger partial charge in [-0.2, -0.15) is 5.26 Å². The summed E-state index contributed by atoms with van der Waals surface area (Å²) < 4.78 is 16.0. The van der Waals surface area contributed by atoms with Gasteiger partial charge in [-0.15, -0.1) is 0 Å². The van der Waals surface area contributed by atoms with Crippen LogP contribution in [0.25, 0.3) is 10.9 Å². The normalized spacial score (nSPS) is 10.7. The van der Waals surface area contributed by atoms with Crippen LogP contribution in [0.4, 0.5) is 10.2 Å². The van der Waals surface area contributed by atoms with Crippen LogP contribution in [0, 0.1) is 24.1 Å². The predicted octanol–water partition coefficient (Wildman–Crippen LogP) is 3.52. The Balaban J connectivity index is 1.86. The van der Waals surface area contributed by atoms with Crippen molar-refractivity contribution in [2.45, 2.75) is 13.5 Å². The summed E-state index contributed by atoms with van der Waals surface area (Å²) in [6.45, 7) is 2.96. The van der Waals surface area contributed by atoms with E-state index < -0.39 is 0 Å². The Morgan fingerprint density at radius 3 is 2.91 bits per heavy atom. The molecule has 2 heterocycles. The van der Waals surface area contributed by atoms with E-state index in [0.29, 0.717) is 40.5 Å². The highest BCUT2D eigenvalue weighted by Gasteiger charge is 2.13. The summed E-state index contributed by atoms with van der Waals surface area (Å²) in [4.78, 5) is 7.87. The molecule has 0 atom stereocenters. The Labute approximate surface area is 137 Å². The lowest BCUT2D eigenvalue weighted by molar-refractivity contribution is 0.621. The van der Waals surface area contributed by atoms with E-state index >= 15 is 0 Å². The van der Waals surface area contributed by atoms with Gasteiger partial charge in [0.05, 0.1) is 17.1 Å². The van der Waals surface area contributed by atoms with Gasteiger partial charge in [-0.25, -0.2) is 14.4 Å². The molecular formula is C16H13ClFN5. The Kier molecular flexibility index (Phi) is 4.13. The van der Waals surface area contributed by atoms with E-state index in [1.165, 1.54) is 18.5 Å². The average molecular weight is 330 g/mol. The number of hydrogen-bond acceptors (Lipinski definition) is 4. The summed E-state index contributed by atoms with van der Waals surface area (Å²) in [6, 6.07) is 8.38. The van der Waals surface area contributed by atoms with Crippen molar-refractivity contribution >= 4 is 28.3 Å². The number of benzene rings is 1. The summed E-state index contributed by atoms with van der Waals surface area (Å²) in [7, 11) is 0. The van der Waals surface area contributed by atoms with Crippen LogP contribution >= 0.6 is 11.6 Å². The number of rotatable bonds is 4. The van der Waals surface area contributed by atoms with Gasteiger partial charge < -0.3 is 9.88 Å². The van der Waals surface area contributed by atoms with Crippen molar-refractivity contribution in [3.63, 3.8) is 0 Å². The quantitative estimate of drug-likeness (QED) is 0.744. The summed E-state index contributed by atoms with van der Waals surface area (Å²) in [5, 5.41) is 13.3. The molecule has 23 heavy (non-hydrogen) atoms. The lowest BCUT2D eigenvalue weighted by Crippen LogP contribution is -2.12. The van der Waals surface area contributed by atoms with Gasteiger partial charge in [0, 0.05) is 30.2 Å². The molecule has 0 aliphatic carbocycles. The van der Waals surface area contributed by atoms with Crippen LogP contribution in [0.1, 0.15) is 11.3 Å². The van der Waals surface area contributed by atoms with Crippen molar-refractivity contribution in [3.8, 4) is 6.07 Å². The minimum Gasteiger partial charge on any atom is -0.368 e. The first-order valence-electron chi connectivity index (χ1n) is 7.00. The highest BCUT2D eigenvalue weighted by Crippen LogP contribution is 2.25. The van der Waals surface area contributed by atoms with Crippen molar-refractivity contribution in [2.24, 2.45) is 0 Å². The van der Waals surface area contributed by atoms with Crippen LogP contribution < -0.4 is 5.32 Å². The van der Waals surface area contributed by atoms with Crippen LogP contribution in [0.3, 0.4) is 0 Å². The molecule has 1 aromatic carbocycles. The number of anilines is 1. The van der Waals surface area contributed by atoms with Gasteiger partial charge in [0.15, 0.2) is 0 Å². The number of aryl methyl sites for hydroxylation is 1. The minimum absolute atomic E-state index is 0.336. The summed E-state index contributed by atoms with van der Waals surface area (Å²) >= 11 is 5.80. The van der Waals surface area contributed by atoms with Crippen LogP contribution in [-0.4, -0.2) is 21.1 Å². The molecule has 3 aromatic rings. The Morgan fingerprint density at radius 1 is 1.35 bits per heavy atom. The Bertz CT molecular complexity index is 913. The zero-order valence-electron chi connectivity index (χ0n) is 12.3. The van der Waals surface area contributed by atoms with Gasteiger partial charge in [0.1, 0.15) is 23.1 Å². The topological polar surface area (TPSA) is 66.5 Å². The number of halogens is 2. The lowest BCUT2D eigenvalue weighted by atomic mass is 10.1. The third-order valence-electron chi connectivity index (χ3n) is 3.61. The number of nitrogens with one attached hydrogen (secondary N) is 1. The fourth-order valence-corrected chi connectivity index (χ4v) is 2.72. The monoisotopic (exact) mass is 329 g/mol. The molecule has 2 aromatic heterocycles. The average Bonchev–Trinajstić information content (AvgIpc) is 2.86. The van der Waals surface area contributed by atoms with E-state index in [4.69, 9.17) is 16.9 Å². The lowest BCUT2D eigenvalue weighted by Gasteiger charge is -2.10. The van der Waals surface area contributed by atoms with E-state index in [-0.39, 0.29) is 5.82 Å². The second-order valence-electron chi connectivity index (χ2n) is 5.06. The third kappa shape index (κ3) is 2.96. The van der Waals surface area contributed by atoms with E-state index in [9.17, 15) is 4.39 Å². The van der Waals surface area contributed by atoms with Gasteiger partial charge in [0.25, 0.3) is 0 Å².